The van der Waals surface area contributed by atoms with E-state index in [0.29, 0.717) is 6.04 Å². The van der Waals surface area contributed by atoms with Crippen LogP contribution in [0.4, 0.5) is 5.69 Å². The molecule has 1 aliphatic heterocycles. The molecule has 3 aliphatic rings. The first-order valence-corrected chi connectivity index (χ1v) is 9.68. The molecule has 138 valence electrons. The van der Waals surface area contributed by atoms with Gasteiger partial charge in [0.2, 0.25) is 11.8 Å². The Labute approximate surface area is 158 Å². The van der Waals surface area contributed by atoms with Crippen molar-refractivity contribution in [3.8, 4) is 0 Å². The van der Waals surface area contributed by atoms with Gasteiger partial charge in [-0.2, -0.15) is 0 Å². The van der Waals surface area contributed by atoms with Crippen molar-refractivity contribution < 1.29 is 9.59 Å². The fraction of sp³-hybridized carbons (Fsp3) is 0.364. The Morgan fingerprint density at radius 2 is 1.70 bits per heavy atom. The SMILES string of the molecule is N[C@H]1c2ccccc2C[C@@H]1NC(=O)C1CC(=O)N(C2CC2)c2ccccc21. The molecule has 1 unspecified atom stereocenters. The van der Waals surface area contributed by atoms with Crippen molar-refractivity contribution in [1.29, 1.82) is 0 Å². The molecule has 0 radical (unpaired) electrons. The summed E-state index contributed by atoms with van der Waals surface area (Å²) in [5, 5.41) is 3.13. The summed E-state index contributed by atoms with van der Waals surface area (Å²) in [6.45, 7) is 0. The Balaban J connectivity index is 1.39. The van der Waals surface area contributed by atoms with Crippen molar-refractivity contribution in [2.75, 3.05) is 4.90 Å². The summed E-state index contributed by atoms with van der Waals surface area (Å²) in [7, 11) is 0. The highest BCUT2D eigenvalue weighted by molar-refractivity contribution is 6.03. The van der Waals surface area contributed by atoms with Crippen molar-refractivity contribution in [1.82, 2.24) is 5.32 Å². The zero-order valence-electron chi connectivity index (χ0n) is 15.1. The highest BCUT2D eigenvalue weighted by atomic mass is 16.2. The lowest BCUT2D eigenvalue weighted by Gasteiger charge is -2.34. The van der Waals surface area contributed by atoms with Crippen LogP contribution in [-0.4, -0.2) is 23.9 Å². The highest BCUT2D eigenvalue weighted by Crippen LogP contribution is 2.42. The summed E-state index contributed by atoms with van der Waals surface area (Å²) in [5.74, 6) is -0.491. The van der Waals surface area contributed by atoms with Gasteiger partial charge in [-0.05, 0) is 42.0 Å². The van der Waals surface area contributed by atoms with Crippen molar-refractivity contribution >= 4 is 17.5 Å². The molecule has 5 heteroatoms. The Morgan fingerprint density at radius 1 is 1.00 bits per heavy atom. The molecule has 2 aromatic carbocycles. The molecule has 3 atom stereocenters. The molecule has 5 rings (SSSR count). The van der Waals surface area contributed by atoms with E-state index < -0.39 is 5.92 Å². The molecule has 2 aromatic rings. The molecule has 0 bridgehead atoms. The molecule has 1 fully saturated rings. The predicted molar refractivity (Wildman–Crippen MR) is 103 cm³/mol. The van der Waals surface area contributed by atoms with Gasteiger partial charge < -0.3 is 16.0 Å². The van der Waals surface area contributed by atoms with E-state index in [1.165, 1.54) is 5.56 Å². The minimum Gasteiger partial charge on any atom is -0.351 e. The first-order valence-electron chi connectivity index (χ1n) is 9.68. The van der Waals surface area contributed by atoms with Crippen molar-refractivity contribution in [3.05, 3.63) is 65.2 Å². The molecular weight excluding hydrogens is 338 g/mol. The van der Waals surface area contributed by atoms with Crippen LogP contribution in [0.5, 0.6) is 0 Å². The number of hydrogen-bond acceptors (Lipinski definition) is 3. The lowest BCUT2D eigenvalue weighted by molar-refractivity contribution is -0.127. The topological polar surface area (TPSA) is 75.4 Å². The van der Waals surface area contributed by atoms with Gasteiger partial charge in [-0.1, -0.05) is 42.5 Å². The third kappa shape index (κ3) is 2.73. The Hall–Kier alpha value is -2.66. The first kappa shape index (κ1) is 16.5. The Morgan fingerprint density at radius 3 is 2.44 bits per heavy atom. The average molecular weight is 361 g/mol. The van der Waals surface area contributed by atoms with Crippen LogP contribution < -0.4 is 16.0 Å². The number of rotatable bonds is 3. The lowest BCUT2D eigenvalue weighted by atomic mass is 9.88. The third-order valence-corrected chi connectivity index (χ3v) is 6.06. The van der Waals surface area contributed by atoms with Crippen LogP contribution in [0.2, 0.25) is 0 Å². The maximum atomic E-state index is 13.1. The van der Waals surface area contributed by atoms with Gasteiger partial charge in [-0.25, -0.2) is 0 Å². The first-order chi connectivity index (χ1) is 13.1. The molecule has 1 saturated carbocycles. The number of carbonyl (C=O) groups is 2. The number of amides is 2. The highest BCUT2D eigenvalue weighted by Gasteiger charge is 2.42. The molecule has 0 aromatic heterocycles. The van der Waals surface area contributed by atoms with Gasteiger partial charge in [-0.3, -0.25) is 9.59 Å². The summed E-state index contributed by atoms with van der Waals surface area (Å²) in [6.07, 6.45) is 3.06. The van der Waals surface area contributed by atoms with Gasteiger partial charge in [0.05, 0.1) is 18.0 Å². The van der Waals surface area contributed by atoms with E-state index in [2.05, 4.69) is 11.4 Å². The summed E-state index contributed by atoms with van der Waals surface area (Å²) in [4.78, 5) is 27.8. The molecule has 2 aliphatic carbocycles. The summed E-state index contributed by atoms with van der Waals surface area (Å²) < 4.78 is 0. The molecule has 2 amide bonds. The van der Waals surface area contributed by atoms with Crippen LogP contribution in [0.15, 0.2) is 48.5 Å². The van der Waals surface area contributed by atoms with E-state index in [1.54, 1.807) is 0 Å². The van der Waals surface area contributed by atoms with Gasteiger partial charge in [-0.15, -0.1) is 0 Å². The van der Waals surface area contributed by atoms with Crippen LogP contribution in [0.1, 0.15) is 47.9 Å². The van der Waals surface area contributed by atoms with Crippen LogP contribution in [-0.2, 0) is 16.0 Å². The minimum absolute atomic E-state index is 0.0513. The summed E-state index contributed by atoms with van der Waals surface area (Å²) in [5.41, 5.74) is 10.5. The van der Waals surface area contributed by atoms with E-state index >= 15 is 0 Å². The summed E-state index contributed by atoms with van der Waals surface area (Å²) >= 11 is 0. The number of carbonyl (C=O) groups excluding carboxylic acids is 2. The summed E-state index contributed by atoms with van der Waals surface area (Å²) in [6, 6.07) is 15.9. The van der Waals surface area contributed by atoms with Crippen molar-refractivity contribution in [2.45, 2.75) is 49.7 Å². The van der Waals surface area contributed by atoms with E-state index in [1.807, 2.05) is 47.4 Å². The molecule has 5 nitrogen and oxygen atoms in total. The smallest absolute Gasteiger partial charge is 0.228 e. The third-order valence-electron chi connectivity index (χ3n) is 6.06. The van der Waals surface area contributed by atoms with E-state index in [0.717, 1.165) is 36.1 Å². The van der Waals surface area contributed by atoms with Crippen LogP contribution in [0.25, 0.3) is 0 Å². The number of fused-ring (bicyclic) bond motifs is 2. The number of benzene rings is 2. The molecule has 0 saturated heterocycles. The van der Waals surface area contributed by atoms with Gasteiger partial charge >= 0.3 is 0 Å². The number of anilines is 1. The predicted octanol–water partition coefficient (Wildman–Crippen LogP) is 2.41. The Kier molecular flexibility index (Phi) is 3.79. The van der Waals surface area contributed by atoms with Gasteiger partial charge in [0.25, 0.3) is 0 Å². The number of hydrogen-bond donors (Lipinski definition) is 2. The number of para-hydroxylation sites is 1. The Bertz CT molecular complexity index is 921. The quantitative estimate of drug-likeness (QED) is 0.882. The second-order valence-corrected chi connectivity index (χ2v) is 7.85. The maximum Gasteiger partial charge on any atom is 0.228 e. The minimum atomic E-state index is -0.445. The van der Waals surface area contributed by atoms with Crippen molar-refractivity contribution in [2.24, 2.45) is 5.73 Å². The maximum absolute atomic E-state index is 13.1. The zero-order chi connectivity index (χ0) is 18.5. The van der Waals surface area contributed by atoms with E-state index in [-0.39, 0.29) is 30.3 Å². The fourth-order valence-electron chi connectivity index (χ4n) is 4.54. The monoisotopic (exact) mass is 361 g/mol. The van der Waals surface area contributed by atoms with Crippen LogP contribution >= 0.6 is 0 Å². The van der Waals surface area contributed by atoms with E-state index in [4.69, 9.17) is 5.73 Å². The zero-order valence-corrected chi connectivity index (χ0v) is 15.1. The molecule has 0 spiro atoms. The van der Waals surface area contributed by atoms with Gasteiger partial charge in [0, 0.05) is 18.2 Å². The van der Waals surface area contributed by atoms with Crippen molar-refractivity contribution in [3.63, 3.8) is 0 Å². The second kappa shape index (κ2) is 6.20. The van der Waals surface area contributed by atoms with Crippen LogP contribution in [0.3, 0.4) is 0 Å². The average Bonchev–Trinajstić information content (AvgIpc) is 3.46. The standard InChI is InChI=1S/C22H23N3O2/c23-21-15-6-2-1-5-13(15)11-18(21)24-22(27)17-12-20(26)25(14-9-10-14)19-8-4-3-7-16(17)19/h1-8,14,17-18,21H,9-12,23H2,(H,24,27)/t17?,18-,21-/m0/s1. The molecule has 27 heavy (non-hydrogen) atoms. The number of nitrogens with two attached hydrogens (primary N) is 1. The number of nitrogens with one attached hydrogen (secondary N) is 1. The van der Waals surface area contributed by atoms with E-state index in [9.17, 15) is 9.59 Å². The van der Waals surface area contributed by atoms with Crippen LogP contribution in [0, 0.1) is 0 Å². The molecule has 1 heterocycles. The fourth-order valence-corrected chi connectivity index (χ4v) is 4.54. The normalized spacial score (nSPS) is 26.5. The molecule has 3 N–H and O–H groups in total. The van der Waals surface area contributed by atoms with Gasteiger partial charge in [0.1, 0.15) is 0 Å². The second-order valence-electron chi connectivity index (χ2n) is 7.85. The van der Waals surface area contributed by atoms with Gasteiger partial charge in [0.15, 0.2) is 0 Å². The number of nitrogens with zero attached hydrogens (tertiary/aromatic N) is 1. The molecular formula is C22H23N3O2. The lowest BCUT2D eigenvalue weighted by Crippen LogP contribution is -2.46. The largest absolute Gasteiger partial charge is 0.351 e.